The van der Waals surface area contributed by atoms with Crippen molar-refractivity contribution in [1.29, 1.82) is 0 Å². The van der Waals surface area contributed by atoms with Gasteiger partial charge in [0.25, 0.3) is 0 Å². The van der Waals surface area contributed by atoms with E-state index in [4.69, 9.17) is 32.8 Å². The predicted octanol–water partition coefficient (Wildman–Crippen LogP) is 28.0. The fourth-order valence-corrected chi connectivity index (χ4v) is 31.5. The van der Waals surface area contributed by atoms with E-state index in [1.165, 1.54) is 116 Å². The Balaban J connectivity index is 0.000000270. The Hall–Kier alpha value is -1.32. The fraction of sp³-hybridized carbons (Fsp3) is 0.982. The summed E-state index contributed by atoms with van der Waals surface area (Å²) in [6.45, 7) is 75.0. The summed E-state index contributed by atoms with van der Waals surface area (Å²) in [7, 11) is -0.303. The number of carbonyl (C=O) groups excluding carboxylic acids is 2. The largest absolute Gasteiger partial charge is 0.462 e. The van der Waals surface area contributed by atoms with Crippen molar-refractivity contribution in [2.75, 3.05) is 7.11 Å². The second-order valence-corrected chi connectivity index (χ2v) is 59.2. The average Bonchev–Trinajstić information content (AvgIpc) is 1.63. The molecule has 16 unspecified atom stereocenters. The zero-order valence-electron chi connectivity index (χ0n) is 92.2. The van der Waals surface area contributed by atoms with Crippen LogP contribution in [0.5, 0.6) is 0 Å². The van der Waals surface area contributed by atoms with Gasteiger partial charge in [0.05, 0.1) is 58.0 Å². The van der Waals surface area contributed by atoms with Gasteiger partial charge < -0.3 is 68.6 Å². The molecule has 0 aromatic heterocycles. The standard InChI is InChI=1S/C35H68O3Si.C27H52O5.C27H50O3.C25H46O5/c1-25(2)34(10,11)39(13,14)38-31(33(7,8)9)22-19-27(17-15-23-32(4,5)6)28-20-21-29-30(37-26(3)36)18-16-24-35(28,29)12;1-24(2,29)17-9-11-19(13-16-23(25(3,4)30)32-26(5,6)31-8)20-14-15-21-22(28)12-10-18-27(20,21)7;1-19-11-9-18-27(8)21(19)14-15-22(27)20(12-10-17-24(2,3)28)13-16-23-25(4,5)30-26(6,7)29-23;1-17(26)30-21-10-8-16-25(6)19(12-13-20(21)25)18(9-7-15-23(2,3)28)11-14-22(27)24(4,5)29/h25,27-31H,15-24H2,1-14H3;19-23,28-30H,9-18H2,1-8H3;19-23,28H,9-18H2,1-8H3;18-22,27-29H,7-16H2,1-6H3/t27?,28?,29?,30-,31?,35+;19?,20?,21?,22-,23?,27+;19-,20?,21?,22?,23?,27-;18?,19?,20?,21-,22?,25+/m0000/s1. The van der Waals surface area contributed by atoms with Crippen LogP contribution in [0.2, 0.25) is 18.1 Å². The number of methoxy groups -OCH3 is 1. The minimum atomic E-state index is -1.94. The maximum atomic E-state index is 11.9. The normalized spacial score (nSPS) is 32.4. The van der Waals surface area contributed by atoms with Gasteiger partial charge in [-0.2, -0.15) is 0 Å². The first kappa shape index (κ1) is 118. The monoisotopic (exact) mass is 1870 g/mol. The molecule has 7 N–H and O–H groups in total. The molecule has 0 bridgehead atoms. The summed E-state index contributed by atoms with van der Waals surface area (Å²) in [4.78, 5) is 23.6. The van der Waals surface area contributed by atoms with E-state index in [1.54, 1.807) is 27.9 Å². The van der Waals surface area contributed by atoms with Crippen molar-refractivity contribution >= 4 is 20.3 Å². The number of fused-ring (bicyclic) bond motifs is 4. The van der Waals surface area contributed by atoms with Crippen molar-refractivity contribution in [3.05, 3.63) is 0 Å². The Labute approximate surface area is 807 Å². The summed E-state index contributed by atoms with van der Waals surface area (Å²) in [6.07, 6.45) is 44.1. The molecule has 9 aliphatic rings. The van der Waals surface area contributed by atoms with E-state index in [-0.39, 0.29) is 80.9 Å². The zero-order chi connectivity index (χ0) is 99.5. The molecule has 8 aliphatic carbocycles. The lowest BCUT2D eigenvalue weighted by Gasteiger charge is -2.48. The van der Waals surface area contributed by atoms with Gasteiger partial charge in [-0.1, -0.05) is 174 Å². The molecule has 0 spiro atoms. The Kier molecular flexibility index (Phi) is 42.7. The van der Waals surface area contributed by atoms with E-state index in [9.17, 15) is 45.3 Å². The van der Waals surface area contributed by atoms with Crippen molar-refractivity contribution in [3.63, 3.8) is 0 Å². The van der Waals surface area contributed by atoms with Crippen LogP contribution in [0.15, 0.2) is 0 Å². The average molecular weight is 1870 g/mol. The van der Waals surface area contributed by atoms with Gasteiger partial charge in [0.2, 0.25) is 0 Å². The number of carbonyl (C=O) groups is 2. The first-order valence-electron chi connectivity index (χ1n) is 54.3. The van der Waals surface area contributed by atoms with Gasteiger partial charge >= 0.3 is 11.9 Å². The smallest absolute Gasteiger partial charge is 0.302 e. The van der Waals surface area contributed by atoms with Crippen molar-refractivity contribution in [1.82, 2.24) is 0 Å². The predicted molar refractivity (Wildman–Crippen MR) is 543 cm³/mol. The molecule has 8 saturated carbocycles. The highest BCUT2D eigenvalue weighted by atomic mass is 28.4. The number of rotatable bonds is 42. The second-order valence-electron chi connectivity index (χ2n) is 54.6. The van der Waals surface area contributed by atoms with E-state index >= 15 is 0 Å². The van der Waals surface area contributed by atoms with Crippen LogP contribution in [0.25, 0.3) is 0 Å². The third-order valence-corrected chi connectivity index (χ3v) is 41.9. The molecule has 0 aromatic rings. The van der Waals surface area contributed by atoms with E-state index in [0.29, 0.717) is 64.6 Å². The Morgan fingerprint density at radius 1 is 0.443 bits per heavy atom. The lowest BCUT2D eigenvalue weighted by atomic mass is 9.58. The van der Waals surface area contributed by atoms with Crippen molar-refractivity contribution in [3.8, 4) is 0 Å². The van der Waals surface area contributed by atoms with Gasteiger partial charge in [0.1, 0.15) is 12.2 Å². The summed E-state index contributed by atoms with van der Waals surface area (Å²) in [5, 5.41) is 73.0. The highest BCUT2D eigenvalue weighted by Gasteiger charge is 2.59. The summed E-state index contributed by atoms with van der Waals surface area (Å²) >= 11 is 0. The lowest BCUT2D eigenvalue weighted by molar-refractivity contribution is -0.255. The van der Waals surface area contributed by atoms with Gasteiger partial charge in [-0.25, -0.2) is 0 Å². The summed E-state index contributed by atoms with van der Waals surface area (Å²) in [5.74, 6) is 7.27. The molecule has 0 amide bonds. The highest BCUT2D eigenvalue weighted by Crippen LogP contribution is 2.65. The topological polar surface area (TPSA) is 240 Å². The molecule has 772 valence electrons. The molecular weight excluding hydrogens is 1650 g/mol. The number of aliphatic hydroxyl groups is 7. The molecule has 131 heavy (non-hydrogen) atoms. The van der Waals surface area contributed by atoms with Crippen LogP contribution >= 0.6 is 0 Å². The quantitative estimate of drug-likeness (QED) is 0.0171. The van der Waals surface area contributed by atoms with Crippen LogP contribution in [0.1, 0.15) is 485 Å². The molecule has 1 aliphatic heterocycles. The molecular formula is C114H216O16Si. The van der Waals surface area contributed by atoms with Crippen LogP contribution in [-0.4, -0.2) is 151 Å². The van der Waals surface area contributed by atoms with Gasteiger partial charge in [-0.05, 0) is 419 Å². The number of ether oxygens (including phenoxy) is 6. The maximum absolute atomic E-state index is 11.9. The number of hydrogen-bond acceptors (Lipinski definition) is 16. The van der Waals surface area contributed by atoms with Crippen LogP contribution in [0, 0.1) is 115 Å². The van der Waals surface area contributed by atoms with Crippen LogP contribution in [0.3, 0.4) is 0 Å². The van der Waals surface area contributed by atoms with Gasteiger partial charge in [-0.15, -0.1) is 0 Å². The summed E-state index contributed by atoms with van der Waals surface area (Å²) in [6, 6.07) is 0. The molecule has 9 rings (SSSR count). The molecule has 9 fully saturated rings. The van der Waals surface area contributed by atoms with Gasteiger partial charge in [0, 0.05) is 38.9 Å². The van der Waals surface area contributed by atoms with Crippen LogP contribution < -0.4 is 0 Å². The van der Waals surface area contributed by atoms with Gasteiger partial charge in [-0.3, -0.25) is 9.59 Å². The minimum absolute atomic E-state index is 0.0326. The van der Waals surface area contributed by atoms with E-state index in [0.717, 1.165) is 177 Å². The molecule has 17 heteroatoms. The van der Waals surface area contributed by atoms with Crippen molar-refractivity contribution in [2.24, 2.45) is 115 Å². The van der Waals surface area contributed by atoms with Crippen LogP contribution in [0.4, 0.5) is 0 Å². The lowest BCUT2D eigenvalue weighted by Crippen LogP contribution is -2.50. The number of aliphatic hydroxyl groups excluding tert-OH is 2. The first-order valence-corrected chi connectivity index (χ1v) is 57.2. The van der Waals surface area contributed by atoms with Crippen molar-refractivity contribution in [2.45, 2.75) is 591 Å². The Morgan fingerprint density at radius 2 is 0.802 bits per heavy atom. The third kappa shape index (κ3) is 34.2. The molecule has 24 atom stereocenters. The van der Waals surface area contributed by atoms with Gasteiger partial charge in [0.15, 0.2) is 19.9 Å². The second kappa shape index (κ2) is 47.3. The number of esters is 2. The third-order valence-electron chi connectivity index (χ3n) is 37.3. The van der Waals surface area contributed by atoms with E-state index in [2.05, 4.69) is 131 Å². The fourth-order valence-electron chi connectivity index (χ4n) is 28.6. The van der Waals surface area contributed by atoms with E-state index in [1.807, 2.05) is 83.1 Å². The highest BCUT2D eigenvalue weighted by molar-refractivity contribution is 6.74. The summed E-state index contributed by atoms with van der Waals surface area (Å²) in [5.41, 5.74) is -2.49. The SMILES string of the molecule is CC(=O)O[C@H]1CCC[C@]2(C)C(C(CCCC(C)(C)C)CCC(O[Si](C)(C)C(C)(C)C(C)C)C(C)(C)C)CCC12.CC(=O)O[C@H]1CCC[C@]2(C)C(C(CCCC(C)(C)O)CCC(O)C(C)(C)O)CCC12.COC(C)(C)OC(CCC(CCCC(C)(C)O)C1CCC2[C@@H](O)CCC[C@]12C)C(C)(C)O.C[C@H]1CCC[C@]2(C)C(C(CCCC(C)(C)O)CCC3OC(C)(C)OC3(C)C)CCC12. The summed E-state index contributed by atoms with van der Waals surface area (Å²) < 4.78 is 43.1. The molecule has 0 radical (unpaired) electrons. The number of hydrogen-bond donors (Lipinski definition) is 7. The minimum Gasteiger partial charge on any atom is -0.462 e. The Bertz CT molecular complexity index is 3370. The molecule has 0 aromatic carbocycles. The molecule has 16 nitrogen and oxygen atoms in total. The Morgan fingerprint density at radius 3 is 1.16 bits per heavy atom. The van der Waals surface area contributed by atoms with E-state index < -0.39 is 54.0 Å². The molecule has 1 heterocycles. The van der Waals surface area contributed by atoms with Crippen molar-refractivity contribution < 1.29 is 78.2 Å². The molecule has 1 saturated heterocycles. The van der Waals surface area contributed by atoms with Crippen LogP contribution in [-0.2, 0) is 42.4 Å². The maximum Gasteiger partial charge on any atom is 0.302 e. The zero-order valence-corrected chi connectivity index (χ0v) is 93.2. The first-order chi connectivity index (χ1) is 59.7.